The Balaban J connectivity index is 2.18. The van der Waals surface area contributed by atoms with Crippen molar-refractivity contribution in [2.24, 2.45) is 0 Å². The molecular formula is C14H25N3O. The summed E-state index contributed by atoms with van der Waals surface area (Å²) < 4.78 is 5.02. The van der Waals surface area contributed by atoms with Gasteiger partial charge in [-0.15, -0.1) is 0 Å². The lowest BCUT2D eigenvalue weighted by Crippen LogP contribution is -2.37. The summed E-state index contributed by atoms with van der Waals surface area (Å²) in [5.41, 5.74) is 1.30. The zero-order valence-electron chi connectivity index (χ0n) is 11.7. The second kappa shape index (κ2) is 9.03. The van der Waals surface area contributed by atoms with Gasteiger partial charge in [-0.2, -0.15) is 0 Å². The molecule has 18 heavy (non-hydrogen) atoms. The third kappa shape index (κ3) is 6.10. The quantitative estimate of drug-likeness (QED) is 0.675. The van der Waals surface area contributed by atoms with Crippen LogP contribution in [0.2, 0.25) is 0 Å². The van der Waals surface area contributed by atoms with Crippen LogP contribution in [-0.2, 0) is 11.3 Å². The van der Waals surface area contributed by atoms with Crippen LogP contribution in [0.4, 0.5) is 0 Å². The van der Waals surface area contributed by atoms with Gasteiger partial charge < -0.3 is 10.1 Å². The third-order valence-electron chi connectivity index (χ3n) is 3.08. The maximum atomic E-state index is 5.02. The van der Waals surface area contributed by atoms with E-state index in [1.807, 2.05) is 12.4 Å². The van der Waals surface area contributed by atoms with Crippen LogP contribution in [-0.4, -0.2) is 49.8 Å². The largest absolute Gasteiger partial charge is 0.385 e. The Kier molecular flexibility index (Phi) is 7.57. The second-order valence-corrected chi connectivity index (χ2v) is 4.67. The van der Waals surface area contributed by atoms with Crippen molar-refractivity contribution in [3.63, 3.8) is 0 Å². The molecule has 0 aliphatic rings. The Labute approximate surface area is 110 Å². The van der Waals surface area contributed by atoms with Crippen LogP contribution in [0.3, 0.4) is 0 Å². The molecule has 4 heteroatoms. The Morgan fingerprint density at radius 2 is 2.11 bits per heavy atom. The normalized spacial score (nSPS) is 12.9. The molecule has 1 aromatic heterocycles. The van der Waals surface area contributed by atoms with E-state index in [0.29, 0.717) is 6.04 Å². The fraction of sp³-hybridized carbons (Fsp3) is 0.643. The summed E-state index contributed by atoms with van der Waals surface area (Å²) in [4.78, 5) is 6.38. The third-order valence-corrected chi connectivity index (χ3v) is 3.08. The van der Waals surface area contributed by atoms with E-state index in [-0.39, 0.29) is 0 Å². The first kappa shape index (κ1) is 15.1. The van der Waals surface area contributed by atoms with Crippen molar-refractivity contribution in [3.8, 4) is 0 Å². The van der Waals surface area contributed by atoms with Gasteiger partial charge in [-0.05, 0) is 44.6 Å². The molecule has 0 saturated heterocycles. The molecule has 0 amide bonds. The molecule has 1 N–H and O–H groups in total. The fourth-order valence-electron chi connectivity index (χ4n) is 1.74. The van der Waals surface area contributed by atoms with Crippen molar-refractivity contribution in [3.05, 3.63) is 30.1 Å². The van der Waals surface area contributed by atoms with Crippen LogP contribution in [0.5, 0.6) is 0 Å². The average molecular weight is 251 g/mol. The zero-order valence-corrected chi connectivity index (χ0v) is 11.7. The predicted molar refractivity (Wildman–Crippen MR) is 74.5 cm³/mol. The lowest BCUT2D eigenvalue weighted by Gasteiger charge is -2.25. The predicted octanol–water partition coefficient (Wildman–Crippen LogP) is 1.53. The van der Waals surface area contributed by atoms with Gasteiger partial charge >= 0.3 is 0 Å². The van der Waals surface area contributed by atoms with Crippen molar-refractivity contribution in [2.75, 3.05) is 33.9 Å². The molecule has 1 unspecified atom stereocenters. The molecule has 0 bridgehead atoms. The maximum absolute atomic E-state index is 5.02. The van der Waals surface area contributed by atoms with Crippen molar-refractivity contribution in [1.82, 2.24) is 15.2 Å². The number of rotatable bonds is 9. The Morgan fingerprint density at radius 1 is 1.39 bits per heavy atom. The standard InChI is InChI=1S/C14H25N3O/c1-13(11-16-7-4-10-18-3)17(2)12-14-5-8-15-9-6-14/h5-6,8-9,13,16H,4,7,10-12H2,1-3H3. The zero-order chi connectivity index (χ0) is 13.2. The van der Waals surface area contributed by atoms with Crippen molar-refractivity contribution >= 4 is 0 Å². The number of hydrogen-bond donors (Lipinski definition) is 1. The van der Waals surface area contributed by atoms with E-state index >= 15 is 0 Å². The summed E-state index contributed by atoms with van der Waals surface area (Å²) in [6.45, 7) is 6.05. The van der Waals surface area contributed by atoms with E-state index in [2.05, 4.69) is 41.3 Å². The Morgan fingerprint density at radius 3 is 2.78 bits per heavy atom. The highest BCUT2D eigenvalue weighted by molar-refractivity contribution is 5.09. The Bertz CT molecular complexity index is 305. The fourth-order valence-corrected chi connectivity index (χ4v) is 1.74. The smallest absolute Gasteiger partial charge is 0.0474 e. The molecule has 1 heterocycles. The van der Waals surface area contributed by atoms with Gasteiger partial charge in [-0.3, -0.25) is 9.88 Å². The van der Waals surface area contributed by atoms with Gasteiger partial charge in [0.15, 0.2) is 0 Å². The molecule has 0 aromatic carbocycles. The molecule has 0 aliphatic heterocycles. The molecule has 0 saturated carbocycles. The molecule has 0 spiro atoms. The van der Waals surface area contributed by atoms with E-state index in [9.17, 15) is 0 Å². The van der Waals surface area contributed by atoms with E-state index in [1.165, 1.54) is 5.56 Å². The minimum atomic E-state index is 0.515. The highest BCUT2D eigenvalue weighted by Gasteiger charge is 2.08. The molecule has 0 aliphatic carbocycles. The molecule has 1 aromatic rings. The molecule has 0 fully saturated rings. The summed E-state index contributed by atoms with van der Waals surface area (Å²) in [6.07, 6.45) is 4.75. The van der Waals surface area contributed by atoms with Gasteiger partial charge in [0, 0.05) is 45.2 Å². The van der Waals surface area contributed by atoms with Crippen molar-refractivity contribution in [2.45, 2.75) is 25.9 Å². The van der Waals surface area contributed by atoms with Gasteiger partial charge in [0.25, 0.3) is 0 Å². The summed E-state index contributed by atoms with van der Waals surface area (Å²) in [5, 5.41) is 3.45. The number of pyridine rings is 1. The summed E-state index contributed by atoms with van der Waals surface area (Å²) >= 11 is 0. The van der Waals surface area contributed by atoms with Crippen LogP contribution in [0.1, 0.15) is 18.9 Å². The van der Waals surface area contributed by atoms with E-state index < -0.39 is 0 Å². The number of nitrogens with zero attached hydrogens (tertiary/aromatic N) is 2. The van der Waals surface area contributed by atoms with Crippen molar-refractivity contribution < 1.29 is 4.74 Å². The van der Waals surface area contributed by atoms with Crippen LogP contribution in [0, 0.1) is 0 Å². The van der Waals surface area contributed by atoms with Gasteiger partial charge in [0.1, 0.15) is 0 Å². The van der Waals surface area contributed by atoms with Crippen molar-refractivity contribution in [1.29, 1.82) is 0 Å². The number of aromatic nitrogens is 1. The summed E-state index contributed by atoms with van der Waals surface area (Å²) in [6, 6.07) is 4.64. The average Bonchev–Trinajstić information content (AvgIpc) is 2.39. The number of hydrogen-bond acceptors (Lipinski definition) is 4. The number of methoxy groups -OCH3 is 1. The first-order chi connectivity index (χ1) is 8.74. The first-order valence-corrected chi connectivity index (χ1v) is 6.53. The van der Waals surface area contributed by atoms with E-state index in [4.69, 9.17) is 4.74 Å². The van der Waals surface area contributed by atoms with Gasteiger partial charge in [0.05, 0.1) is 0 Å². The van der Waals surface area contributed by atoms with Crippen LogP contribution < -0.4 is 5.32 Å². The summed E-state index contributed by atoms with van der Waals surface area (Å²) in [5.74, 6) is 0. The van der Waals surface area contributed by atoms with Crippen LogP contribution in [0.25, 0.3) is 0 Å². The number of nitrogens with one attached hydrogen (secondary N) is 1. The first-order valence-electron chi connectivity index (χ1n) is 6.53. The lowest BCUT2D eigenvalue weighted by molar-refractivity contribution is 0.191. The van der Waals surface area contributed by atoms with E-state index in [0.717, 1.165) is 32.7 Å². The lowest BCUT2D eigenvalue weighted by atomic mass is 10.2. The minimum absolute atomic E-state index is 0.515. The topological polar surface area (TPSA) is 37.4 Å². The molecule has 1 rings (SSSR count). The minimum Gasteiger partial charge on any atom is -0.385 e. The van der Waals surface area contributed by atoms with Crippen LogP contribution in [0.15, 0.2) is 24.5 Å². The molecule has 102 valence electrons. The summed E-state index contributed by atoms with van der Waals surface area (Å²) in [7, 11) is 3.90. The number of ether oxygens (including phenoxy) is 1. The second-order valence-electron chi connectivity index (χ2n) is 4.67. The Hall–Kier alpha value is -0.970. The molecular weight excluding hydrogens is 226 g/mol. The van der Waals surface area contributed by atoms with E-state index in [1.54, 1.807) is 7.11 Å². The maximum Gasteiger partial charge on any atom is 0.0474 e. The SMILES string of the molecule is COCCCNCC(C)N(C)Cc1ccncc1. The molecule has 1 atom stereocenters. The van der Waals surface area contributed by atoms with Gasteiger partial charge in [0.2, 0.25) is 0 Å². The highest BCUT2D eigenvalue weighted by atomic mass is 16.5. The van der Waals surface area contributed by atoms with Gasteiger partial charge in [-0.25, -0.2) is 0 Å². The monoisotopic (exact) mass is 251 g/mol. The van der Waals surface area contributed by atoms with Gasteiger partial charge in [-0.1, -0.05) is 0 Å². The van der Waals surface area contributed by atoms with Crippen LogP contribution >= 0.6 is 0 Å². The number of likely N-dealkylation sites (N-methyl/N-ethyl adjacent to an activating group) is 1. The highest BCUT2D eigenvalue weighted by Crippen LogP contribution is 2.04. The molecule has 0 radical (unpaired) electrons. The molecule has 4 nitrogen and oxygen atoms in total.